The molecule has 60 valence electrons. The van der Waals surface area contributed by atoms with Crippen molar-refractivity contribution in [2.75, 3.05) is 12.8 Å². The van der Waals surface area contributed by atoms with Crippen LogP contribution in [0.25, 0.3) is 0 Å². The Morgan fingerprint density at radius 1 is 1.50 bits per heavy atom. The lowest BCUT2D eigenvalue weighted by molar-refractivity contribution is -0.125. The maximum absolute atomic E-state index is 10.9. The lowest BCUT2D eigenvalue weighted by Gasteiger charge is -2.12. The Labute approximate surface area is 64.0 Å². The third-order valence-electron chi connectivity index (χ3n) is 1.21. The minimum Gasteiger partial charge on any atom is -0.274 e. The fourth-order valence-corrected chi connectivity index (χ4v) is 1.27. The zero-order valence-corrected chi connectivity index (χ0v) is 7.40. The van der Waals surface area contributed by atoms with Crippen LogP contribution >= 0.6 is 0 Å². The van der Waals surface area contributed by atoms with Gasteiger partial charge >= 0.3 is 0 Å². The summed E-state index contributed by atoms with van der Waals surface area (Å²) in [6, 6.07) is 0. The van der Waals surface area contributed by atoms with Crippen molar-refractivity contribution in [2.24, 2.45) is 0 Å². The molecular formula is C6H13NO2S. The maximum atomic E-state index is 10.9. The lowest BCUT2D eigenvalue weighted by Crippen LogP contribution is -2.28. The minimum absolute atomic E-state index is 0.0693. The Morgan fingerprint density at radius 3 is 2.30 bits per heavy atom. The van der Waals surface area contributed by atoms with Gasteiger partial charge in [-0.25, -0.2) is 4.21 Å². The molecule has 0 N–H and O–H groups in total. The van der Waals surface area contributed by atoms with Gasteiger partial charge in [0.25, 0.3) is 0 Å². The summed E-state index contributed by atoms with van der Waals surface area (Å²) < 4.78 is 12.2. The second-order valence-electron chi connectivity index (χ2n) is 1.85. The van der Waals surface area contributed by atoms with Gasteiger partial charge in [-0.2, -0.15) is 0 Å². The Balaban J connectivity index is 3.94. The number of rotatable bonds is 3. The lowest BCUT2D eigenvalue weighted by atomic mass is 10.5. The average molecular weight is 163 g/mol. The summed E-state index contributed by atoms with van der Waals surface area (Å²) in [7, 11) is 0.443. The Hall–Kier alpha value is -0.380. The standard InChI is InChI=1S/C6H13NO2S/c1-4-6(8)7(3)10(9)5-2/h4-5H2,1-3H3. The topological polar surface area (TPSA) is 37.4 Å². The van der Waals surface area contributed by atoms with Gasteiger partial charge in [-0.3, -0.25) is 9.10 Å². The predicted molar refractivity (Wildman–Crippen MR) is 41.7 cm³/mol. The van der Waals surface area contributed by atoms with E-state index < -0.39 is 11.0 Å². The summed E-state index contributed by atoms with van der Waals surface area (Å²) >= 11 is 0. The van der Waals surface area contributed by atoms with Crippen LogP contribution < -0.4 is 0 Å². The van der Waals surface area contributed by atoms with E-state index in [1.54, 1.807) is 20.9 Å². The highest BCUT2D eigenvalue weighted by Gasteiger charge is 2.09. The fraction of sp³-hybridized carbons (Fsp3) is 0.833. The summed E-state index contributed by atoms with van der Waals surface area (Å²) in [4.78, 5) is 10.8. The highest BCUT2D eigenvalue weighted by atomic mass is 32.2. The number of carbonyl (C=O) groups excluding carboxylic acids is 1. The summed E-state index contributed by atoms with van der Waals surface area (Å²) in [5.74, 6) is 0.433. The molecular weight excluding hydrogens is 150 g/mol. The second kappa shape index (κ2) is 4.44. The Kier molecular flexibility index (Phi) is 4.27. The molecule has 1 amide bonds. The second-order valence-corrected chi connectivity index (χ2v) is 3.62. The number of carbonyl (C=O) groups is 1. The van der Waals surface area contributed by atoms with Crippen LogP contribution in [0.4, 0.5) is 0 Å². The van der Waals surface area contributed by atoms with E-state index >= 15 is 0 Å². The highest BCUT2D eigenvalue weighted by Crippen LogP contribution is 1.94. The van der Waals surface area contributed by atoms with Crippen LogP contribution in [0, 0.1) is 0 Å². The molecule has 0 fully saturated rings. The summed E-state index contributed by atoms with van der Waals surface area (Å²) in [5.41, 5.74) is 0. The molecule has 1 unspecified atom stereocenters. The van der Waals surface area contributed by atoms with Crippen LogP contribution in [0.5, 0.6) is 0 Å². The first-order chi connectivity index (χ1) is 4.63. The number of amides is 1. The van der Waals surface area contributed by atoms with Gasteiger partial charge in [0, 0.05) is 19.2 Å². The summed E-state index contributed by atoms with van der Waals surface area (Å²) in [6.45, 7) is 3.54. The van der Waals surface area contributed by atoms with E-state index in [-0.39, 0.29) is 5.91 Å². The summed E-state index contributed by atoms with van der Waals surface area (Å²) in [6.07, 6.45) is 0.419. The molecule has 4 heteroatoms. The van der Waals surface area contributed by atoms with Gasteiger partial charge in [-0.05, 0) is 0 Å². The highest BCUT2D eigenvalue weighted by molar-refractivity contribution is 7.83. The monoisotopic (exact) mass is 163 g/mol. The fourth-order valence-electron chi connectivity index (χ4n) is 0.530. The molecule has 0 radical (unpaired) electrons. The van der Waals surface area contributed by atoms with Crippen molar-refractivity contribution in [1.29, 1.82) is 0 Å². The van der Waals surface area contributed by atoms with Gasteiger partial charge in [-0.15, -0.1) is 0 Å². The van der Waals surface area contributed by atoms with Gasteiger partial charge < -0.3 is 0 Å². The zero-order valence-electron chi connectivity index (χ0n) is 6.59. The van der Waals surface area contributed by atoms with Crippen molar-refractivity contribution < 1.29 is 9.00 Å². The molecule has 0 saturated heterocycles. The van der Waals surface area contributed by atoms with Crippen molar-refractivity contribution in [2.45, 2.75) is 20.3 Å². The predicted octanol–water partition coefficient (Wildman–Crippen LogP) is 0.538. The van der Waals surface area contributed by atoms with E-state index in [4.69, 9.17) is 0 Å². The number of hydrogen-bond donors (Lipinski definition) is 0. The first-order valence-electron chi connectivity index (χ1n) is 3.28. The molecule has 0 aliphatic rings. The smallest absolute Gasteiger partial charge is 0.233 e. The number of hydrogen-bond acceptors (Lipinski definition) is 2. The maximum Gasteiger partial charge on any atom is 0.233 e. The van der Waals surface area contributed by atoms with Crippen molar-refractivity contribution >= 4 is 16.9 Å². The molecule has 10 heavy (non-hydrogen) atoms. The summed E-state index contributed by atoms with van der Waals surface area (Å²) in [5, 5.41) is 0. The molecule has 0 rings (SSSR count). The SMILES string of the molecule is CCC(=O)N(C)S(=O)CC. The van der Waals surface area contributed by atoms with E-state index in [2.05, 4.69) is 0 Å². The third kappa shape index (κ3) is 2.47. The van der Waals surface area contributed by atoms with E-state index in [1.165, 1.54) is 4.31 Å². The van der Waals surface area contributed by atoms with Gasteiger partial charge in [-0.1, -0.05) is 13.8 Å². The molecule has 0 aromatic carbocycles. The third-order valence-corrected chi connectivity index (χ3v) is 2.51. The largest absolute Gasteiger partial charge is 0.274 e. The van der Waals surface area contributed by atoms with Crippen LogP contribution in [0.15, 0.2) is 0 Å². The quantitative estimate of drug-likeness (QED) is 0.609. The van der Waals surface area contributed by atoms with Crippen molar-refractivity contribution in [3.8, 4) is 0 Å². The van der Waals surface area contributed by atoms with E-state index in [9.17, 15) is 9.00 Å². The van der Waals surface area contributed by atoms with Crippen molar-refractivity contribution in [3.63, 3.8) is 0 Å². The number of nitrogens with zero attached hydrogens (tertiary/aromatic N) is 1. The van der Waals surface area contributed by atoms with Gasteiger partial charge in [0.1, 0.15) is 11.0 Å². The molecule has 0 bridgehead atoms. The van der Waals surface area contributed by atoms with Crippen LogP contribution in [-0.2, 0) is 15.8 Å². The van der Waals surface area contributed by atoms with E-state index in [1.807, 2.05) is 0 Å². The Bertz CT molecular complexity index is 131. The molecule has 1 atom stereocenters. The average Bonchev–Trinajstić information content (AvgIpc) is 2.00. The van der Waals surface area contributed by atoms with Crippen molar-refractivity contribution in [1.82, 2.24) is 4.31 Å². The molecule has 3 nitrogen and oxygen atoms in total. The minimum atomic E-state index is -1.12. The van der Waals surface area contributed by atoms with Crippen LogP contribution in [0.3, 0.4) is 0 Å². The molecule has 0 saturated carbocycles. The first-order valence-corrected chi connectivity index (χ1v) is 4.56. The van der Waals surface area contributed by atoms with E-state index in [0.29, 0.717) is 12.2 Å². The van der Waals surface area contributed by atoms with Gasteiger partial charge in [0.15, 0.2) is 0 Å². The van der Waals surface area contributed by atoms with Gasteiger partial charge in [0.2, 0.25) is 5.91 Å². The Morgan fingerprint density at radius 2 is 2.00 bits per heavy atom. The normalized spacial score (nSPS) is 12.7. The molecule has 0 heterocycles. The molecule has 0 aliphatic heterocycles. The van der Waals surface area contributed by atoms with Crippen LogP contribution in [0.1, 0.15) is 20.3 Å². The molecule has 0 aromatic rings. The molecule has 0 aliphatic carbocycles. The first kappa shape index (κ1) is 9.62. The van der Waals surface area contributed by atoms with Gasteiger partial charge in [0.05, 0.1) is 0 Å². The van der Waals surface area contributed by atoms with E-state index in [0.717, 1.165) is 0 Å². The van der Waals surface area contributed by atoms with Crippen LogP contribution in [0.2, 0.25) is 0 Å². The zero-order chi connectivity index (χ0) is 8.15. The molecule has 0 spiro atoms. The van der Waals surface area contributed by atoms with Crippen LogP contribution in [-0.4, -0.2) is 27.2 Å². The van der Waals surface area contributed by atoms with Crippen molar-refractivity contribution in [3.05, 3.63) is 0 Å². The molecule has 0 aromatic heterocycles.